The van der Waals surface area contributed by atoms with E-state index < -0.39 is 11.0 Å². The third-order valence-corrected chi connectivity index (χ3v) is 10.5. The van der Waals surface area contributed by atoms with E-state index in [1.54, 1.807) is 11.0 Å². The lowest BCUT2D eigenvalue weighted by atomic mass is 9.72. The number of nitriles is 1. The molecule has 13 nitrogen and oxygen atoms in total. The molecule has 14 heteroatoms. The highest BCUT2D eigenvalue weighted by atomic mass is 32.1. The number of aromatic nitrogens is 2. The predicted molar refractivity (Wildman–Crippen MR) is 181 cm³/mol. The van der Waals surface area contributed by atoms with Crippen LogP contribution in [-0.4, -0.2) is 94.6 Å². The summed E-state index contributed by atoms with van der Waals surface area (Å²) in [6.45, 7) is 13.7. The van der Waals surface area contributed by atoms with Crippen LogP contribution in [0, 0.1) is 16.7 Å². The van der Waals surface area contributed by atoms with Gasteiger partial charge < -0.3 is 30.3 Å². The standard InChI is InChI=1S/C33H47N9O4S/c1-19-18-41(14-15-42(19)31(44)46-32(3,4)5)25-16-22(37-30(38-25)45-20(2)23-10-9-13-40(23)7)27(35)39-29(43)33(6)12-8-11-24-26(33)21(17-34)28(36)47-24/h16,19-20,23H,8-15,18,36H2,1-7H3,(H2,35,39,43)/t19-,20-,23-,33-/m0/s1. The number of nitrogens with two attached hydrogens (primary N) is 1. The number of aryl methyl sites for hydroxylation is 1. The largest absolute Gasteiger partial charge is 0.459 e. The van der Waals surface area contributed by atoms with Gasteiger partial charge in [-0.05, 0) is 87.2 Å². The number of nitrogen functional groups attached to an aromatic ring is 1. The number of nitrogens with one attached hydrogen (secondary N) is 2. The number of carbonyl (C=O) groups is 2. The van der Waals surface area contributed by atoms with Gasteiger partial charge in [-0.2, -0.15) is 15.2 Å². The number of ether oxygens (including phenoxy) is 2. The maximum absolute atomic E-state index is 13.9. The molecule has 2 fully saturated rings. The first-order chi connectivity index (χ1) is 22.1. The minimum absolute atomic E-state index is 0.120. The normalized spacial score (nSPS) is 23.9. The second-order valence-electron chi connectivity index (χ2n) is 14.1. The summed E-state index contributed by atoms with van der Waals surface area (Å²) < 4.78 is 11.9. The molecule has 254 valence electrons. The number of thiophene rings is 1. The van der Waals surface area contributed by atoms with E-state index in [0.29, 0.717) is 48.0 Å². The van der Waals surface area contributed by atoms with E-state index in [1.165, 1.54) is 11.3 Å². The minimum atomic E-state index is -1.02. The van der Waals surface area contributed by atoms with Gasteiger partial charge in [0.15, 0.2) is 5.84 Å². The van der Waals surface area contributed by atoms with Crippen molar-refractivity contribution in [2.24, 2.45) is 0 Å². The summed E-state index contributed by atoms with van der Waals surface area (Å²) >= 11 is 1.36. The Bertz CT molecular complexity index is 1580. The summed E-state index contributed by atoms with van der Waals surface area (Å²) in [6, 6.07) is 4.03. The molecule has 4 atom stereocenters. The van der Waals surface area contributed by atoms with Gasteiger partial charge >= 0.3 is 12.1 Å². The molecule has 0 radical (unpaired) electrons. The second kappa shape index (κ2) is 13.3. The van der Waals surface area contributed by atoms with Gasteiger partial charge in [0.25, 0.3) is 0 Å². The summed E-state index contributed by atoms with van der Waals surface area (Å²) in [7, 11) is 2.08. The highest BCUT2D eigenvalue weighted by molar-refractivity contribution is 7.16. The molecule has 0 bridgehead atoms. The molecular weight excluding hydrogens is 618 g/mol. The van der Waals surface area contributed by atoms with Crippen molar-refractivity contribution < 1.29 is 19.1 Å². The molecule has 4 N–H and O–H groups in total. The molecule has 0 aromatic carbocycles. The quantitative estimate of drug-likeness (QED) is 0.302. The van der Waals surface area contributed by atoms with Crippen molar-refractivity contribution in [1.29, 1.82) is 10.7 Å². The Balaban J connectivity index is 1.41. The Kier molecular flexibility index (Phi) is 9.71. The lowest BCUT2D eigenvalue weighted by Crippen LogP contribution is -2.55. The Morgan fingerprint density at radius 3 is 2.64 bits per heavy atom. The van der Waals surface area contributed by atoms with Gasteiger partial charge in [0, 0.05) is 48.2 Å². The molecule has 47 heavy (non-hydrogen) atoms. The van der Waals surface area contributed by atoms with Gasteiger partial charge in [0.1, 0.15) is 34.3 Å². The maximum Gasteiger partial charge on any atom is 0.410 e. The number of piperazine rings is 1. The third kappa shape index (κ3) is 7.16. The van der Waals surface area contributed by atoms with E-state index >= 15 is 0 Å². The Morgan fingerprint density at radius 1 is 1.26 bits per heavy atom. The summed E-state index contributed by atoms with van der Waals surface area (Å²) in [5, 5.41) is 22.0. The van der Waals surface area contributed by atoms with Crippen LogP contribution in [0.5, 0.6) is 6.01 Å². The topological polar surface area (TPSA) is 174 Å². The fraction of sp³-hybridized carbons (Fsp3) is 0.636. The lowest BCUT2D eigenvalue weighted by molar-refractivity contribution is -0.125. The number of carbonyl (C=O) groups excluding carboxylic acids is 2. The van der Waals surface area contributed by atoms with Crippen LogP contribution >= 0.6 is 11.3 Å². The van der Waals surface area contributed by atoms with Gasteiger partial charge in [-0.25, -0.2) is 4.79 Å². The number of likely N-dealkylation sites (N-methyl/N-ethyl adjacent to an activating group) is 1. The van der Waals surface area contributed by atoms with E-state index in [4.69, 9.17) is 25.6 Å². The van der Waals surface area contributed by atoms with Crippen molar-refractivity contribution in [3.63, 3.8) is 0 Å². The van der Waals surface area contributed by atoms with Crippen LogP contribution in [-0.2, 0) is 21.4 Å². The molecule has 1 aliphatic carbocycles. The number of hydrogen-bond donors (Lipinski definition) is 3. The van der Waals surface area contributed by atoms with E-state index in [-0.39, 0.29) is 47.7 Å². The molecule has 4 heterocycles. The molecule has 0 unspecified atom stereocenters. The van der Waals surface area contributed by atoms with Crippen LogP contribution in [0.25, 0.3) is 0 Å². The minimum Gasteiger partial charge on any atom is -0.459 e. The SMILES string of the molecule is C[C@H](Oc1nc(C(=N)NC(=O)[C@@]2(C)CCCc3sc(N)c(C#N)c32)cc(N2CCN(C(=O)OC(C)(C)C)[C@@H](C)C2)n1)[C@@H]1CCCN1C. The summed E-state index contributed by atoms with van der Waals surface area (Å²) in [6.07, 6.45) is 3.58. The summed E-state index contributed by atoms with van der Waals surface area (Å²) in [5.74, 6) is -0.0410. The first-order valence-corrected chi connectivity index (χ1v) is 17.2. The van der Waals surface area contributed by atoms with Gasteiger partial charge in [0.2, 0.25) is 5.91 Å². The molecular formula is C33H47N9O4S. The van der Waals surface area contributed by atoms with Crippen molar-refractivity contribution in [3.8, 4) is 12.1 Å². The predicted octanol–water partition coefficient (Wildman–Crippen LogP) is 4.03. The first-order valence-electron chi connectivity index (χ1n) is 16.3. The smallest absolute Gasteiger partial charge is 0.410 e. The number of hydrogen-bond acceptors (Lipinski definition) is 12. The highest BCUT2D eigenvalue weighted by Crippen LogP contribution is 2.45. The van der Waals surface area contributed by atoms with E-state index in [1.807, 2.05) is 46.4 Å². The van der Waals surface area contributed by atoms with Crippen molar-refractivity contribution in [2.45, 2.75) is 103 Å². The van der Waals surface area contributed by atoms with Crippen LogP contribution in [0.4, 0.5) is 15.6 Å². The van der Waals surface area contributed by atoms with Crippen molar-refractivity contribution in [2.75, 3.05) is 43.9 Å². The van der Waals surface area contributed by atoms with Gasteiger partial charge in [0.05, 0.1) is 11.0 Å². The van der Waals surface area contributed by atoms with Crippen LogP contribution in [0.1, 0.15) is 88.9 Å². The molecule has 2 aliphatic heterocycles. The molecule has 2 aromatic rings. The number of fused-ring (bicyclic) bond motifs is 1. The molecule has 2 amide bonds. The van der Waals surface area contributed by atoms with Gasteiger partial charge in [-0.15, -0.1) is 11.3 Å². The molecule has 5 rings (SSSR count). The van der Waals surface area contributed by atoms with Gasteiger partial charge in [-0.3, -0.25) is 15.1 Å². The van der Waals surface area contributed by atoms with Crippen molar-refractivity contribution >= 4 is 40.0 Å². The number of amides is 2. The zero-order valence-corrected chi connectivity index (χ0v) is 29.3. The summed E-state index contributed by atoms with van der Waals surface area (Å²) in [4.78, 5) is 43.1. The number of anilines is 2. The molecule has 0 saturated carbocycles. The van der Waals surface area contributed by atoms with E-state index in [2.05, 4.69) is 28.3 Å². The van der Waals surface area contributed by atoms with E-state index in [0.717, 1.165) is 37.1 Å². The molecule has 0 spiro atoms. The van der Waals surface area contributed by atoms with E-state index in [9.17, 15) is 14.9 Å². The van der Waals surface area contributed by atoms with Crippen LogP contribution < -0.4 is 20.7 Å². The number of rotatable bonds is 6. The average molecular weight is 666 g/mol. The lowest BCUT2D eigenvalue weighted by Gasteiger charge is -2.40. The Hall–Kier alpha value is -3.96. The monoisotopic (exact) mass is 665 g/mol. The number of nitrogens with zero attached hydrogens (tertiary/aromatic N) is 6. The Morgan fingerprint density at radius 2 is 2.00 bits per heavy atom. The fourth-order valence-electron chi connectivity index (χ4n) is 6.93. The van der Waals surface area contributed by atoms with Crippen LogP contribution in [0.3, 0.4) is 0 Å². The van der Waals surface area contributed by atoms with Crippen LogP contribution in [0.2, 0.25) is 0 Å². The Labute approximate surface area is 280 Å². The number of amidine groups is 1. The highest BCUT2D eigenvalue weighted by Gasteiger charge is 2.43. The second-order valence-corrected chi connectivity index (χ2v) is 15.3. The van der Waals surface area contributed by atoms with Crippen molar-refractivity contribution in [1.82, 2.24) is 25.1 Å². The zero-order chi connectivity index (χ0) is 34.3. The molecule has 2 aromatic heterocycles. The summed E-state index contributed by atoms with van der Waals surface area (Å²) in [5.41, 5.74) is 5.75. The number of likely N-dealkylation sites (tertiary alicyclic amines) is 1. The molecule has 2 saturated heterocycles. The maximum atomic E-state index is 13.9. The van der Waals surface area contributed by atoms with Crippen molar-refractivity contribution in [3.05, 3.63) is 27.8 Å². The molecule has 3 aliphatic rings. The average Bonchev–Trinajstić information content (AvgIpc) is 3.58. The van der Waals surface area contributed by atoms with Crippen LogP contribution in [0.15, 0.2) is 6.07 Å². The van der Waals surface area contributed by atoms with Gasteiger partial charge in [-0.1, -0.05) is 0 Å². The zero-order valence-electron chi connectivity index (χ0n) is 28.5. The fourth-order valence-corrected chi connectivity index (χ4v) is 8.12. The third-order valence-electron chi connectivity index (χ3n) is 9.43. The first kappa shape index (κ1) is 34.4.